The second kappa shape index (κ2) is 4.77. The number of aromatic nitrogens is 1. The lowest BCUT2D eigenvalue weighted by Crippen LogP contribution is -2.62. The molecule has 1 aromatic heterocycles. The molecule has 22 heavy (non-hydrogen) atoms. The van der Waals surface area contributed by atoms with Gasteiger partial charge in [-0.1, -0.05) is 6.07 Å². The normalized spacial score (nSPS) is 25.0. The van der Waals surface area contributed by atoms with Crippen molar-refractivity contribution in [3.8, 4) is 0 Å². The predicted octanol–water partition coefficient (Wildman–Crippen LogP) is 0.420. The lowest BCUT2D eigenvalue weighted by molar-refractivity contribution is -0.141. The Balaban J connectivity index is 2.10. The highest BCUT2D eigenvalue weighted by atomic mass is 32.2. The smallest absolute Gasteiger partial charge is 0.352 e. The number of carboxylic acid groups (broad SMARTS) is 1. The number of rotatable bonds is 2. The molecule has 0 spiro atoms. The van der Waals surface area contributed by atoms with Gasteiger partial charge in [0.25, 0.3) is 5.91 Å². The summed E-state index contributed by atoms with van der Waals surface area (Å²) in [5.41, 5.74) is 0.408. The van der Waals surface area contributed by atoms with Gasteiger partial charge in [-0.3, -0.25) is 14.7 Å². The summed E-state index contributed by atoms with van der Waals surface area (Å²) in [6.07, 6.45) is 2.91. The van der Waals surface area contributed by atoms with Crippen LogP contribution in [-0.4, -0.2) is 46.4 Å². The van der Waals surface area contributed by atoms with Crippen LogP contribution in [-0.2, 0) is 19.4 Å². The number of aliphatic carboxylic acids is 1. The van der Waals surface area contributed by atoms with Gasteiger partial charge in [0.05, 0.1) is 17.0 Å². The van der Waals surface area contributed by atoms with E-state index in [0.717, 1.165) is 4.90 Å². The second-order valence-corrected chi connectivity index (χ2v) is 7.18. The third kappa shape index (κ3) is 2.03. The Hall–Kier alpha value is -2.48. The van der Waals surface area contributed by atoms with E-state index < -0.39 is 27.1 Å². The number of hydrogen-bond acceptors (Lipinski definition) is 5. The molecule has 1 atom stereocenters. The molecule has 1 amide bonds. The number of carboxylic acids is 1. The van der Waals surface area contributed by atoms with Crippen LogP contribution >= 0.6 is 0 Å². The molecule has 0 bridgehead atoms. The van der Waals surface area contributed by atoms with Gasteiger partial charge in [-0.25, -0.2) is 13.2 Å². The Morgan fingerprint density at radius 3 is 2.77 bits per heavy atom. The van der Waals surface area contributed by atoms with Crippen molar-refractivity contribution in [3.63, 3.8) is 0 Å². The van der Waals surface area contributed by atoms with Crippen LogP contribution in [0.5, 0.6) is 0 Å². The molecule has 1 N–H and O–H groups in total. The van der Waals surface area contributed by atoms with E-state index in [1.54, 1.807) is 18.2 Å². The Morgan fingerprint density at radius 1 is 1.45 bits per heavy atom. The molecular weight excluding hydrogens is 308 g/mol. The van der Waals surface area contributed by atoms with E-state index in [0.29, 0.717) is 5.69 Å². The summed E-state index contributed by atoms with van der Waals surface area (Å²) in [6, 6.07) is 5.04. The quantitative estimate of drug-likeness (QED) is 0.625. The minimum atomic E-state index is -3.65. The molecule has 3 rings (SSSR count). The zero-order valence-corrected chi connectivity index (χ0v) is 12.4. The van der Waals surface area contributed by atoms with E-state index in [1.807, 2.05) is 0 Å². The molecule has 114 valence electrons. The molecule has 1 aromatic rings. The zero-order valence-electron chi connectivity index (χ0n) is 11.6. The van der Waals surface area contributed by atoms with Gasteiger partial charge in [-0.2, -0.15) is 0 Å². The van der Waals surface area contributed by atoms with Gasteiger partial charge in [0.2, 0.25) is 0 Å². The molecule has 2 aliphatic heterocycles. The number of pyridine rings is 1. The summed E-state index contributed by atoms with van der Waals surface area (Å²) in [5, 5.41) is 7.98. The highest BCUT2D eigenvalue weighted by Gasteiger charge is 2.55. The van der Waals surface area contributed by atoms with E-state index in [9.17, 15) is 23.1 Å². The third-order valence-corrected chi connectivity index (χ3v) is 5.54. The molecule has 0 aliphatic carbocycles. The minimum Gasteiger partial charge on any atom is -0.477 e. The largest absolute Gasteiger partial charge is 0.477 e. The number of amides is 1. The van der Waals surface area contributed by atoms with Crippen molar-refractivity contribution >= 4 is 27.8 Å². The van der Waals surface area contributed by atoms with Gasteiger partial charge in [0, 0.05) is 6.20 Å². The maximum absolute atomic E-state index is 12.3. The number of fused-ring (bicyclic) bond motifs is 1. The molecule has 1 fully saturated rings. The van der Waals surface area contributed by atoms with E-state index in [-0.39, 0.29) is 22.6 Å². The highest BCUT2D eigenvalue weighted by Crippen LogP contribution is 2.40. The van der Waals surface area contributed by atoms with Crippen LogP contribution in [0.4, 0.5) is 0 Å². The summed E-state index contributed by atoms with van der Waals surface area (Å²) in [6.45, 7) is 1.41. The average Bonchev–Trinajstić information content (AvgIpc) is 2.44. The number of carbonyl (C=O) groups is 2. The van der Waals surface area contributed by atoms with Crippen molar-refractivity contribution in [2.45, 2.75) is 12.3 Å². The molecule has 8 heteroatoms. The minimum absolute atomic E-state index is 0.0463. The topological polar surface area (TPSA) is 105 Å². The lowest BCUT2D eigenvalue weighted by atomic mass is 10.0. The SMILES string of the molecule is CC1=C(C(=O)O)N2C(=O)C(=Cc3ccccn3)[C@H]2S(=O)(=O)C1. The van der Waals surface area contributed by atoms with E-state index in [2.05, 4.69) is 4.98 Å². The van der Waals surface area contributed by atoms with Gasteiger partial charge >= 0.3 is 5.97 Å². The van der Waals surface area contributed by atoms with Gasteiger partial charge in [0.1, 0.15) is 5.70 Å². The molecule has 1 saturated heterocycles. The molecule has 3 heterocycles. The fourth-order valence-corrected chi connectivity index (χ4v) is 4.67. The van der Waals surface area contributed by atoms with Gasteiger partial charge < -0.3 is 5.11 Å². The first kappa shape index (κ1) is 14.5. The predicted molar refractivity (Wildman–Crippen MR) is 77.0 cm³/mol. The summed E-state index contributed by atoms with van der Waals surface area (Å²) < 4.78 is 24.6. The first-order valence-corrected chi connectivity index (χ1v) is 8.15. The van der Waals surface area contributed by atoms with Gasteiger partial charge in [-0.15, -0.1) is 0 Å². The van der Waals surface area contributed by atoms with Gasteiger partial charge in [-0.05, 0) is 30.7 Å². The van der Waals surface area contributed by atoms with Gasteiger partial charge in [0.15, 0.2) is 15.2 Å². The Kier molecular flexibility index (Phi) is 3.13. The van der Waals surface area contributed by atoms with Crippen LogP contribution in [0.15, 0.2) is 41.2 Å². The van der Waals surface area contributed by atoms with Crippen LogP contribution in [0.2, 0.25) is 0 Å². The number of hydrogen-bond donors (Lipinski definition) is 1. The third-order valence-electron chi connectivity index (χ3n) is 3.56. The number of nitrogens with zero attached hydrogens (tertiary/aromatic N) is 2. The van der Waals surface area contributed by atoms with Crippen molar-refractivity contribution in [2.24, 2.45) is 0 Å². The Morgan fingerprint density at radius 2 is 2.18 bits per heavy atom. The average molecular weight is 320 g/mol. The maximum Gasteiger partial charge on any atom is 0.352 e. The first-order chi connectivity index (χ1) is 10.3. The van der Waals surface area contributed by atoms with Crippen LogP contribution in [0.1, 0.15) is 12.6 Å². The van der Waals surface area contributed by atoms with E-state index in [1.165, 1.54) is 19.2 Å². The fraction of sp³-hybridized carbons (Fsp3) is 0.214. The molecular formula is C14H12N2O5S. The number of sulfone groups is 1. The first-order valence-electron chi connectivity index (χ1n) is 6.44. The summed E-state index contributed by atoms with van der Waals surface area (Å²) in [4.78, 5) is 28.4. The van der Waals surface area contributed by atoms with Crippen molar-refractivity contribution < 1.29 is 23.1 Å². The molecule has 2 aliphatic rings. The Labute approximate surface area is 126 Å². The van der Waals surface area contributed by atoms with Crippen LogP contribution in [0.3, 0.4) is 0 Å². The Bertz CT molecular complexity index is 839. The highest BCUT2D eigenvalue weighted by molar-refractivity contribution is 7.92. The van der Waals surface area contributed by atoms with E-state index in [4.69, 9.17) is 0 Å². The summed E-state index contributed by atoms with van der Waals surface area (Å²) in [5.74, 6) is -2.29. The fourth-order valence-electron chi connectivity index (χ4n) is 2.69. The standard InChI is InChI=1S/C14H12N2O5S/c1-8-7-22(20,21)13-10(6-9-4-2-3-5-15-9)12(17)16(13)11(8)14(18)19/h2-6,13H,7H2,1H3,(H,18,19)/t13-/m1/s1. The second-order valence-electron chi connectivity index (χ2n) is 5.12. The number of carbonyl (C=O) groups excluding carboxylic acids is 1. The van der Waals surface area contributed by atoms with Crippen molar-refractivity contribution in [1.29, 1.82) is 0 Å². The van der Waals surface area contributed by atoms with Crippen molar-refractivity contribution in [1.82, 2.24) is 9.88 Å². The molecule has 0 unspecified atom stereocenters. The molecule has 7 nitrogen and oxygen atoms in total. The summed E-state index contributed by atoms with van der Waals surface area (Å²) >= 11 is 0. The van der Waals surface area contributed by atoms with Crippen molar-refractivity contribution in [3.05, 3.63) is 46.9 Å². The monoisotopic (exact) mass is 320 g/mol. The summed E-state index contributed by atoms with van der Waals surface area (Å²) in [7, 11) is -3.65. The molecule has 0 aromatic carbocycles. The zero-order chi connectivity index (χ0) is 16.1. The van der Waals surface area contributed by atoms with Crippen LogP contribution in [0.25, 0.3) is 6.08 Å². The van der Waals surface area contributed by atoms with E-state index >= 15 is 0 Å². The number of β-lactam (4-membered cyclic amide) rings is 1. The maximum atomic E-state index is 12.3. The lowest BCUT2D eigenvalue weighted by Gasteiger charge is -2.45. The molecule has 0 saturated carbocycles. The van der Waals surface area contributed by atoms with Crippen molar-refractivity contribution in [2.75, 3.05) is 5.75 Å². The van der Waals surface area contributed by atoms with Crippen LogP contribution < -0.4 is 0 Å². The van der Waals surface area contributed by atoms with Crippen LogP contribution in [0, 0.1) is 0 Å². The molecule has 0 radical (unpaired) electrons.